The molecule has 0 fully saturated rings. The topological polar surface area (TPSA) is 55.2 Å². The third-order valence-electron chi connectivity index (χ3n) is 2.62. The quantitative estimate of drug-likeness (QED) is 0.585. The molecule has 0 radical (unpaired) electrons. The lowest BCUT2D eigenvalue weighted by molar-refractivity contribution is -0.385. The fourth-order valence-electron chi connectivity index (χ4n) is 1.64. The SMILES string of the molecule is O=[N+]([O-])c1cc(CNc2ccc(Br)cc2F)ccc1Br. The molecule has 0 aliphatic heterocycles. The number of nitrogens with zero attached hydrogens (tertiary/aromatic N) is 1. The standard InChI is InChI=1S/C13H9Br2FN2O2/c14-9-2-4-12(11(16)6-9)17-7-8-1-3-10(15)13(5-8)18(19)20/h1-6,17H,7H2. The molecule has 0 bridgehead atoms. The van der Waals surface area contributed by atoms with Gasteiger partial charge < -0.3 is 5.32 Å². The Morgan fingerprint density at radius 1 is 1.20 bits per heavy atom. The lowest BCUT2D eigenvalue weighted by Gasteiger charge is -2.08. The lowest BCUT2D eigenvalue weighted by atomic mass is 10.2. The minimum Gasteiger partial charge on any atom is -0.379 e. The summed E-state index contributed by atoms with van der Waals surface area (Å²) < 4.78 is 14.7. The van der Waals surface area contributed by atoms with Gasteiger partial charge >= 0.3 is 0 Å². The minimum absolute atomic E-state index is 0.0134. The van der Waals surface area contributed by atoms with Gasteiger partial charge in [0.2, 0.25) is 0 Å². The molecule has 104 valence electrons. The second-order valence-corrected chi connectivity index (χ2v) is 5.79. The van der Waals surface area contributed by atoms with Crippen molar-refractivity contribution < 1.29 is 9.31 Å². The van der Waals surface area contributed by atoms with Crippen molar-refractivity contribution in [3.63, 3.8) is 0 Å². The van der Waals surface area contributed by atoms with Crippen LogP contribution < -0.4 is 5.32 Å². The summed E-state index contributed by atoms with van der Waals surface area (Å²) in [5, 5.41) is 13.7. The van der Waals surface area contributed by atoms with Crippen LogP contribution in [0.15, 0.2) is 45.3 Å². The van der Waals surface area contributed by atoms with E-state index in [1.807, 2.05) is 0 Å². The number of halogens is 3. The van der Waals surface area contributed by atoms with Gasteiger partial charge in [-0.25, -0.2) is 4.39 Å². The molecular formula is C13H9Br2FN2O2. The molecule has 0 saturated heterocycles. The summed E-state index contributed by atoms with van der Waals surface area (Å²) in [5.41, 5.74) is 1.03. The molecule has 7 heteroatoms. The van der Waals surface area contributed by atoms with Gasteiger partial charge in [0, 0.05) is 17.1 Å². The van der Waals surface area contributed by atoms with Crippen molar-refractivity contribution in [3.05, 3.63) is 66.8 Å². The summed E-state index contributed by atoms with van der Waals surface area (Å²) in [7, 11) is 0. The predicted octanol–water partition coefficient (Wildman–Crippen LogP) is 4.87. The molecule has 0 spiro atoms. The third kappa shape index (κ3) is 3.55. The van der Waals surface area contributed by atoms with Crippen molar-refractivity contribution in [1.29, 1.82) is 0 Å². The number of nitrogens with one attached hydrogen (secondary N) is 1. The zero-order valence-corrected chi connectivity index (χ0v) is 13.2. The van der Waals surface area contributed by atoms with Crippen LogP contribution in [0.5, 0.6) is 0 Å². The molecule has 0 aliphatic carbocycles. The van der Waals surface area contributed by atoms with E-state index >= 15 is 0 Å². The fraction of sp³-hybridized carbons (Fsp3) is 0.0769. The van der Waals surface area contributed by atoms with Gasteiger partial charge in [-0.3, -0.25) is 10.1 Å². The maximum absolute atomic E-state index is 13.6. The van der Waals surface area contributed by atoms with Crippen LogP contribution in [0.2, 0.25) is 0 Å². The first kappa shape index (κ1) is 14.9. The molecule has 20 heavy (non-hydrogen) atoms. The zero-order valence-electron chi connectivity index (χ0n) is 10.1. The average Bonchev–Trinajstić information content (AvgIpc) is 2.39. The van der Waals surface area contributed by atoms with E-state index in [2.05, 4.69) is 37.2 Å². The van der Waals surface area contributed by atoms with Gasteiger partial charge in [-0.15, -0.1) is 0 Å². The lowest BCUT2D eigenvalue weighted by Crippen LogP contribution is -2.02. The van der Waals surface area contributed by atoms with E-state index in [0.29, 0.717) is 26.7 Å². The summed E-state index contributed by atoms with van der Waals surface area (Å²) in [6.07, 6.45) is 0. The first-order valence-electron chi connectivity index (χ1n) is 5.59. The van der Waals surface area contributed by atoms with E-state index in [4.69, 9.17) is 0 Å². The van der Waals surface area contributed by atoms with Crippen LogP contribution in [-0.4, -0.2) is 4.92 Å². The van der Waals surface area contributed by atoms with Crippen LogP contribution in [-0.2, 0) is 6.54 Å². The molecule has 0 amide bonds. The number of benzene rings is 2. The Morgan fingerprint density at radius 2 is 1.95 bits per heavy atom. The van der Waals surface area contributed by atoms with Crippen molar-refractivity contribution in [2.45, 2.75) is 6.54 Å². The van der Waals surface area contributed by atoms with Crippen LogP contribution in [0.3, 0.4) is 0 Å². The predicted molar refractivity (Wildman–Crippen MR) is 82.2 cm³/mol. The molecule has 0 atom stereocenters. The summed E-state index contributed by atoms with van der Waals surface area (Å²) in [6.45, 7) is 0.298. The molecule has 0 aliphatic rings. The third-order valence-corrected chi connectivity index (χ3v) is 3.79. The maximum Gasteiger partial charge on any atom is 0.283 e. The maximum atomic E-state index is 13.6. The van der Waals surface area contributed by atoms with Crippen LogP contribution in [0, 0.1) is 15.9 Å². The van der Waals surface area contributed by atoms with E-state index in [9.17, 15) is 14.5 Å². The van der Waals surface area contributed by atoms with Crippen LogP contribution in [0.1, 0.15) is 5.56 Å². The number of anilines is 1. The Labute approximate surface area is 131 Å². The van der Waals surface area contributed by atoms with Crippen molar-refractivity contribution in [2.75, 3.05) is 5.32 Å². The van der Waals surface area contributed by atoms with E-state index in [1.54, 1.807) is 24.3 Å². The highest BCUT2D eigenvalue weighted by Crippen LogP contribution is 2.26. The zero-order chi connectivity index (χ0) is 14.7. The smallest absolute Gasteiger partial charge is 0.283 e. The Bertz CT molecular complexity index is 665. The van der Waals surface area contributed by atoms with Crippen molar-refractivity contribution >= 4 is 43.2 Å². The fourth-order valence-corrected chi connectivity index (χ4v) is 2.36. The summed E-state index contributed by atoms with van der Waals surface area (Å²) in [5.74, 6) is -0.383. The molecule has 0 aromatic heterocycles. The second kappa shape index (κ2) is 6.32. The largest absolute Gasteiger partial charge is 0.379 e. The van der Waals surface area contributed by atoms with Gasteiger partial charge in [0.15, 0.2) is 0 Å². The van der Waals surface area contributed by atoms with Gasteiger partial charge in [-0.2, -0.15) is 0 Å². The minimum atomic E-state index is -0.464. The molecule has 2 rings (SSSR count). The average molecular weight is 404 g/mol. The highest BCUT2D eigenvalue weighted by Gasteiger charge is 2.12. The van der Waals surface area contributed by atoms with Gasteiger partial charge in [-0.05, 0) is 45.8 Å². The Balaban J connectivity index is 2.15. The number of hydrogen-bond acceptors (Lipinski definition) is 3. The van der Waals surface area contributed by atoms with E-state index in [1.165, 1.54) is 12.1 Å². The second-order valence-electron chi connectivity index (χ2n) is 4.02. The highest BCUT2D eigenvalue weighted by molar-refractivity contribution is 9.10. The summed E-state index contributed by atoms with van der Waals surface area (Å²) in [6, 6.07) is 9.47. The first-order valence-corrected chi connectivity index (χ1v) is 7.17. The highest BCUT2D eigenvalue weighted by atomic mass is 79.9. The van der Waals surface area contributed by atoms with Crippen molar-refractivity contribution in [2.24, 2.45) is 0 Å². The van der Waals surface area contributed by atoms with Gasteiger partial charge in [-0.1, -0.05) is 22.0 Å². The molecule has 0 unspecified atom stereocenters. The van der Waals surface area contributed by atoms with Gasteiger partial charge in [0.1, 0.15) is 5.82 Å². The number of rotatable bonds is 4. The van der Waals surface area contributed by atoms with E-state index < -0.39 is 4.92 Å². The van der Waals surface area contributed by atoms with Gasteiger partial charge in [0.05, 0.1) is 15.1 Å². The van der Waals surface area contributed by atoms with Crippen LogP contribution in [0.4, 0.5) is 15.8 Å². The number of nitro groups is 1. The summed E-state index contributed by atoms with van der Waals surface area (Å²) >= 11 is 6.30. The Morgan fingerprint density at radius 3 is 2.60 bits per heavy atom. The van der Waals surface area contributed by atoms with Gasteiger partial charge in [0.25, 0.3) is 5.69 Å². The normalized spacial score (nSPS) is 10.3. The molecular weight excluding hydrogens is 395 g/mol. The Hall–Kier alpha value is -1.47. The molecule has 0 saturated carbocycles. The van der Waals surface area contributed by atoms with Crippen LogP contribution >= 0.6 is 31.9 Å². The van der Waals surface area contributed by atoms with Crippen molar-refractivity contribution in [3.8, 4) is 0 Å². The number of nitro benzene ring substituents is 1. The number of hydrogen-bond donors (Lipinski definition) is 1. The van der Waals surface area contributed by atoms with E-state index in [-0.39, 0.29) is 11.5 Å². The Kier molecular flexibility index (Phi) is 4.72. The molecule has 1 N–H and O–H groups in total. The monoisotopic (exact) mass is 402 g/mol. The molecule has 2 aromatic carbocycles. The summed E-state index contributed by atoms with van der Waals surface area (Å²) in [4.78, 5) is 10.4. The molecule has 0 heterocycles. The van der Waals surface area contributed by atoms with Crippen molar-refractivity contribution in [1.82, 2.24) is 0 Å². The van der Waals surface area contributed by atoms with E-state index in [0.717, 1.165) is 0 Å². The first-order chi connectivity index (χ1) is 9.47. The molecule has 4 nitrogen and oxygen atoms in total. The molecule has 2 aromatic rings. The van der Waals surface area contributed by atoms with Crippen LogP contribution in [0.25, 0.3) is 0 Å².